The van der Waals surface area contributed by atoms with Crippen LogP contribution in [-0.2, 0) is 6.54 Å². The first-order valence-electron chi connectivity index (χ1n) is 6.33. The number of hydrogen-bond donors (Lipinski definition) is 2. The van der Waals surface area contributed by atoms with Crippen LogP contribution in [-0.4, -0.2) is 36.2 Å². The molecule has 0 fully saturated rings. The Kier molecular flexibility index (Phi) is 4.89. The monoisotopic (exact) mass is 340 g/mol. The molecule has 0 aliphatic carbocycles. The summed E-state index contributed by atoms with van der Waals surface area (Å²) in [6.07, 6.45) is 2.94. The van der Waals surface area contributed by atoms with Gasteiger partial charge < -0.3 is 20.1 Å². The predicted octanol–water partition coefficient (Wildman–Crippen LogP) is 2.59. The van der Waals surface area contributed by atoms with E-state index in [4.69, 9.17) is 4.74 Å². The number of aromatic hydroxyl groups is 1. The molecule has 0 bridgehead atoms. The molecule has 0 radical (unpaired) electrons. The van der Waals surface area contributed by atoms with E-state index in [-0.39, 0.29) is 11.8 Å². The molecule has 0 aromatic heterocycles. The number of halogens is 1. The fourth-order valence-corrected chi connectivity index (χ4v) is 2.53. The minimum absolute atomic E-state index is 0.0904. The van der Waals surface area contributed by atoms with E-state index in [9.17, 15) is 9.90 Å². The molecule has 20 heavy (non-hydrogen) atoms. The number of benzene rings is 1. The average molecular weight is 341 g/mol. The minimum Gasteiger partial charge on any atom is -0.504 e. The molecule has 1 aromatic rings. The van der Waals surface area contributed by atoms with Crippen LogP contribution in [0.3, 0.4) is 0 Å². The molecule has 2 N–H and O–H groups in total. The highest BCUT2D eigenvalue weighted by Gasteiger charge is 2.16. The van der Waals surface area contributed by atoms with Crippen LogP contribution in [0.2, 0.25) is 0 Å². The lowest BCUT2D eigenvalue weighted by atomic mass is 10.2. The summed E-state index contributed by atoms with van der Waals surface area (Å²) in [6.45, 7) is 1.72. The zero-order valence-corrected chi connectivity index (χ0v) is 12.8. The van der Waals surface area contributed by atoms with Gasteiger partial charge in [0, 0.05) is 17.6 Å². The smallest absolute Gasteiger partial charge is 0.317 e. The first-order chi connectivity index (χ1) is 9.60. The Morgan fingerprint density at radius 1 is 1.55 bits per heavy atom. The third kappa shape index (κ3) is 3.66. The molecule has 0 saturated carbocycles. The number of carbonyl (C=O) groups excluding carboxylic acids is 1. The zero-order valence-electron chi connectivity index (χ0n) is 11.2. The van der Waals surface area contributed by atoms with Gasteiger partial charge in [0.15, 0.2) is 11.5 Å². The van der Waals surface area contributed by atoms with Crippen LogP contribution in [0.4, 0.5) is 4.79 Å². The number of ether oxygens (including phenoxy) is 1. The van der Waals surface area contributed by atoms with Gasteiger partial charge in [-0.1, -0.05) is 28.1 Å². The summed E-state index contributed by atoms with van der Waals surface area (Å²) < 4.78 is 6.07. The lowest BCUT2D eigenvalue weighted by molar-refractivity contribution is 0.201. The number of nitrogens with one attached hydrogen (secondary N) is 1. The summed E-state index contributed by atoms with van der Waals surface area (Å²) in [5, 5.41) is 12.4. The molecule has 0 atom stereocenters. The largest absolute Gasteiger partial charge is 0.504 e. The molecule has 1 heterocycles. The van der Waals surface area contributed by atoms with Crippen molar-refractivity contribution in [1.82, 2.24) is 10.2 Å². The summed E-state index contributed by atoms with van der Waals surface area (Å²) in [6, 6.07) is 4.92. The molecule has 6 heteroatoms. The summed E-state index contributed by atoms with van der Waals surface area (Å²) >= 11 is 3.41. The molecule has 2 rings (SSSR count). The van der Waals surface area contributed by atoms with Crippen LogP contribution in [0, 0.1) is 0 Å². The maximum Gasteiger partial charge on any atom is 0.317 e. The maximum absolute atomic E-state index is 12.0. The van der Waals surface area contributed by atoms with Gasteiger partial charge in [-0.25, -0.2) is 4.79 Å². The van der Waals surface area contributed by atoms with Crippen molar-refractivity contribution in [3.8, 4) is 11.5 Å². The molecule has 108 valence electrons. The Hall–Kier alpha value is -1.69. The summed E-state index contributed by atoms with van der Waals surface area (Å²) in [7, 11) is 1.50. The highest BCUT2D eigenvalue weighted by atomic mass is 79.9. The van der Waals surface area contributed by atoms with Crippen molar-refractivity contribution in [2.45, 2.75) is 13.0 Å². The van der Waals surface area contributed by atoms with Gasteiger partial charge in [-0.2, -0.15) is 0 Å². The summed E-state index contributed by atoms with van der Waals surface area (Å²) in [4.78, 5) is 13.8. The zero-order chi connectivity index (χ0) is 14.5. The van der Waals surface area contributed by atoms with E-state index >= 15 is 0 Å². The fourth-order valence-electron chi connectivity index (χ4n) is 2.00. The number of carbonyl (C=O) groups is 1. The van der Waals surface area contributed by atoms with Crippen molar-refractivity contribution in [2.75, 3.05) is 20.2 Å². The molecule has 1 aliphatic rings. The van der Waals surface area contributed by atoms with Gasteiger partial charge in [-0.05, 0) is 24.1 Å². The summed E-state index contributed by atoms with van der Waals surface area (Å²) in [5.74, 6) is 0.494. The minimum atomic E-state index is -0.0953. The van der Waals surface area contributed by atoms with Gasteiger partial charge >= 0.3 is 6.03 Å². The van der Waals surface area contributed by atoms with Crippen LogP contribution < -0.4 is 10.1 Å². The number of phenolic OH excluding ortho intramolecular Hbond substituents is 1. The van der Waals surface area contributed by atoms with E-state index in [0.717, 1.165) is 23.0 Å². The van der Waals surface area contributed by atoms with Crippen molar-refractivity contribution < 1.29 is 14.6 Å². The Morgan fingerprint density at radius 2 is 2.35 bits per heavy atom. The molecule has 2 amide bonds. The Labute approximate surface area is 126 Å². The number of nitrogens with zero attached hydrogens (tertiary/aromatic N) is 1. The second-order valence-electron chi connectivity index (χ2n) is 4.53. The highest BCUT2D eigenvalue weighted by Crippen LogP contribution is 2.26. The molecule has 0 saturated heterocycles. The number of phenols is 1. The third-order valence-corrected chi connectivity index (χ3v) is 3.66. The molecule has 5 nitrogen and oxygen atoms in total. The second kappa shape index (κ2) is 6.65. The van der Waals surface area contributed by atoms with Gasteiger partial charge in [0.1, 0.15) is 0 Å². The van der Waals surface area contributed by atoms with Crippen LogP contribution in [0.15, 0.2) is 28.8 Å². The standard InChI is InChI=1S/C14H17BrN2O3/c1-20-13-7-10(4-5-12(13)18)8-16-14(19)17-6-2-3-11(15)9-17/h3-5,7,18H,2,6,8-9H2,1H3,(H,16,19). The lowest BCUT2D eigenvalue weighted by Crippen LogP contribution is -2.42. The van der Waals surface area contributed by atoms with E-state index < -0.39 is 0 Å². The van der Waals surface area contributed by atoms with Crippen LogP contribution in [0.25, 0.3) is 0 Å². The van der Waals surface area contributed by atoms with Gasteiger partial charge in [0.25, 0.3) is 0 Å². The first kappa shape index (κ1) is 14.7. The topological polar surface area (TPSA) is 61.8 Å². The number of rotatable bonds is 3. The van der Waals surface area contributed by atoms with E-state index in [0.29, 0.717) is 18.8 Å². The first-order valence-corrected chi connectivity index (χ1v) is 7.12. The predicted molar refractivity (Wildman–Crippen MR) is 80.1 cm³/mol. The fraction of sp³-hybridized carbons (Fsp3) is 0.357. The van der Waals surface area contributed by atoms with Crippen molar-refractivity contribution >= 4 is 22.0 Å². The second-order valence-corrected chi connectivity index (χ2v) is 5.54. The van der Waals surface area contributed by atoms with Gasteiger partial charge in [-0.15, -0.1) is 0 Å². The molecular weight excluding hydrogens is 324 g/mol. The molecule has 1 aromatic carbocycles. The molecule has 1 aliphatic heterocycles. The van der Waals surface area contributed by atoms with Crippen LogP contribution in [0.5, 0.6) is 11.5 Å². The van der Waals surface area contributed by atoms with Gasteiger partial charge in [0.2, 0.25) is 0 Å². The maximum atomic E-state index is 12.0. The Bertz CT molecular complexity index is 531. The SMILES string of the molecule is COc1cc(CNC(=O)N2CCC=C(Br)C2)ccc1O. The molecular formula is C14H17BrN2O3. The van der Waals surface area contributed by atoms with Gasteiger partial charge in [-0.3, -0.25) is 0 Å². The number of methoxy groups -OCH3 is 1. The Balaban J connectivity index is 1.92. The van der Waals surface area contributed by atoms with Crippen molar-refractivity contribution in [2.24, 2.45) is 0 Å². The average Bonchev–Trinajstić information content (AvgIpc) is 2.46. The third-order valence-electron chi connectivity index (χ3n) is 3.08. The quantitative estimate of drug-likeness (QED) is 0.888. The normalized spacial score (nSPS) is 14.7. The molecule has 0 unspecified atom stereocenters. The summed E-state index contributed by atoms with van der Waals surface area (Å²) in [5.41, 5.74) is 0.875. The van der Waals surface area contributed by atoms with E-state index in [1.807, 2.05) is 0 Å². The van der Waals surface area contributed by atoms with E-state index in [1.165, 1.54) is 7.11 Å². The number of amides is 2. The van der Waals surface area contributed by atoms with Crippen LogP contribution in [0.1, 0.15) is 12.0 Å². The Morgan fingerprint density at radius 3 is 3.05 bits per heavy atom. The van der Waals surface area contributed by atoms with Crippen molar-refractivity contribution in [3.05, 3.63) is 34.3 Å². The lowest BCUT2D eigenvalue weighted by Gasteiger charge is -2.25. The highest BCUT2D eigenvalue weighted by molar-refractivity contribution is 9.11. The van der Waals surface area contributed by atoms with Crippen molar-refractivity contribution in [3.63, 3.8) is 0 Å². The number of hydrogen-bond acceptors (Lipinski definition) is 3. The van der Waals surface area contributed by atoms with Gasteiger partial charge in [0.05, 0.1) is 13.7 Å². The number of urea groups is 1. The van der Waals surface area contributed by atoms with Crippen molar-refractivity contribution in [1.29, 1.82) is 0 Å². The van der Waals surface area contributed by atoms with Crippen LogP contribution >= 0.6 is 15.9 Å². The molecule has 0 spiro atoms. The van der Waals surface area contributed by atoms with E-state index in [2.05, 4.69) is 27.3 Å². The van der Waals surface area contributed by atoms with E-state index in [1.54, 1.807) is 23.1 Å².